The summed E-state index contributed by atoms with van der Waals surface area (Å²) in [6, 6.07) is 2.19. The molecule has 0 spiro atoms. The van der Waals surface area contributed by atoms with Gasteiger partial charge in [-0.1, -0.05) is 0 Å². The third kappa shape index (κ3) is 3.14. The number of thiophene rings is 1. The van der Waals surface area contributed by atoms with E-state index in [4.69, 9.17) is 0 Å². The van der Waals surface area contributed by atoms with Gasteiger partial charge in [-0.2, -0.15) is 11.3 Å². The topological polar surface area (TPSA) is 20.3 Å². The lowest BCUT2D eigenvalue weighted by Gasteiger charge is -2.29. The fourth-order valence-corrected chi connectivity index (χ4v) is 2.83. The molecule has 2 heterocycles. The van der Waals surface area contributed by atoms with Gasteiger partial charge >= 0.3 is 0 Å². The van der Waals surface area contributed by atoms with E-state index >= 15 is 0 Å². The largest absolute Gasteiger partial charge is 0.303 e. The maximum atomic E-state index is 10.7. The maximum absolute atomic E-state index is 10.7. The van der Waals surface area contributed by atoms with Crippen molar-refractivity contribution in [2.45, 2.75) is 19.3 Å². The molecule has 2 rings (SSSR count). The van der Waals surface area contributed by atoms with Crippen LogP contribution in [0.3, 0.4) is 0 Å². The van der Waals surface area contributed by atoms with Crippen LogP contribution in [0.1, 0.15) is 18.4 Å². The Hall–Kier alpha value is -0.670. The molecule has 0 radical (unpaired) electrons. The minimum Gasteiger partial charge on any atom is -0.303 e. The second-order valence-corrected chi connectivity index (χ2v) is 5.00. The molecule has 0 bridgehead atoms. The third-order valence-corrected chi connectivity index (χ3v) is 3.76. The number of carbonyl (C=O) groups is 1. The molecule has 1 aliphatic heterocycles. The Morgan fingerprint density at radius 3 is 3.27 bits per heavy atom. The fourth-order valence-electron chi connectivity index (χ4n) is 2.13. The van der Waals surface area contributed by atoms with E-state index < -0.39 is 0 Å². The van der Waals surface area contributed by atoms with Gasteiger partial charge in [0.15, 0.2) is 0 Å². The molecule has 0 N–H and O–H groups in total. The SMILES string of the molecule is O=CC1CCCN(CCc2ccsc2)C1. The zero-order valence-corrected chi connectivity index (χ0v) is 9.71. The first kappa shape index (κ1) is 10.8. The molecule has 3 heteroatoms. The number of carbonyl (C=O) groups excluding carboxylic acids is 1. The Kier molecular flexibility index (Phi) is 3.92. The molecule has 15 heavy (non-hydrogen) atoms. The van der Waals surface area contributed by atoms with Crippen molar-refractivity contribution in [2.24, 2.45) is 5.92 Å². The first-order valence-electron chi connectivity index (χ1n) is 5.57. The van der Waals surface area contributed by atoms with E-state index in [9.17, 15) is 4.79 Å². The van der Waals surface area contributed by atoms with Crippen LogP contribution in [0.4, 0.5) is 0 Å². The Bertz CT molecular complexity index is 297. The molecule has 1 aromatic rings. The van der Waals surface area contributed by atoms with Crippen LogP contribution in [0.5, 0.6) is 0 Å². The first-order chi connectivity index (χ1) is 7.38. The number of rotatable bonds is 4. The van der Waals surface area contributed by atoms with E-state index in [0.29, 0.717) is 0 Å². The lowest BCUT2D eigenvalue weighted by Crippen LogP contribution is -2.37. The van der Waals surface area contributed by atoms with Gasteiger partial charge in [-0.05, 0) is 48.2 Å². The Labute approximate surface area is 94.9 Å². The first-order valence-corrected chi connectivity index (χ1v) is 6.51. The molecule has 2 nitrogen and oxygen atoms in total. The molecule has 0 aromatic carbocycles. The smallest absolute Gasteiger partial charge is 0.124 e. The van der Waals surface area contributed by atoms with Gasteiger partial charge in [0.25, 0.3) is 0 Å². The summed E-state index contributed by atoms with van der Waals surface area (Å²) in [5, 5.41) is 4.33. The predicted octanol–water partition coefficient (Wildman–Crippen LogP) is 2.20. The van der Waals surface area contributed by atoms with Crippen LogP contribution >= 0.6 is 11.3 Å². The molecule has 0 amide bonds. The summed E-state index contributed by atoms with van der Waals surface area (Å²) in [6.07, 6.45) is 4.50. The number of nitrogens with zero attached hydrogens (tertiary/aromatic N) is 1. The normalized spacial score (nSPS) is 22.8. The molecule has 1 atom stereocenters. The third-order valence-electron chi connectivity index (χ3n) is 3.03. The Morgan fingerprint density at radius 2 is 2.53 bits per heavy atom. The van der Waals surface area contributed by atoms with Crippen molar-refractivity contribution in [3.8, 4) is 0 Å². The van der Waals surface area contributed by atoms with Gasteiger partial charge < -0.3 is 9.69 Å². The van der Waals surface area contributed by atoms with E-state index in [2.05, 4.69) is 21.7 Å². The van der Waals surface area contributed by atoms with Crippen molar-refractivity contribution < 1.29 is 4.79 Å². The quantitative estimate of drug-likeness (QED) is 0.729. The van der Waals surface area contributed by atoms with Crippen molar-refractivity contribution in [2.75, 3.05) is 19.6 Å². The summed E-state index contributed by atoms with van der Waals surface area (Å²) < 4.78 is 0. The zero-order valence-electron chi connectivity index (χ0n) is 8.89. The van der Waals surface area contributed by atoms with Crippen LogP contribution in [0.2, 0.25) is 0 Å². The monoisotopic (exact) mass is 223 g/mol. The van der Waals surface area contributed by atoms with Crippen LogP contribution in [0.15, 0.2) is 16.8 Å². The van der Waals surface area contributed by atoms with Crippen molar-refractivity contribution >= 4 is 17.6 Å². The average molecular weight is 223 g/mol. The summed E-state index contributed by atoms with van der Waals surface area (Å²) in [4.78, 5) is 13.1. The number of hydrogen-bond acceptors (Lipinski definition) is 3. The lowest BCUT2D eigenvalue weighted by atomic mass is 9.99. The van der Waals surface area contributed by atoms with Crippen molar-refractivity contribution in [1.29, 1.82) is 0 Å². The minimum absolute atomic E-state index is 0.279. The van der Waals surface area contributed by atoms with E-state index in [-0.39, 0.29) is 5.92 Å². The van der Waals surface area contributed by atoms with Crippen molar-refractivity contribution in [3.63, 3.8) is 0 Å². The maximum Gasteiger partial charge on any atom is 0.124 e. The van der Waals surface area contributed by atoms with Crippen LogP contribution in [-0.2, 0) is 11.2 Å². The second kappa shape index (κ2) is 5.42. The van der Waals surface area contributed by atoms with Crippen LogP contribution in [0.25, 0.3) is 0 Å². The zero-order chi connectivity index (χ0) is 10.5. The van der Waals surface area contributed by atoms with Crippen molar-refractivity contribution in [1.82, 2.24) is 4.90 Å². The van der Waals surface area contributed by atoms with Gasteiger partial charge in [0.05, 0.1) is 0 Å². The van der Waals surface area contributed by atoms with Gasteiger partial charge in [-0.15, -0.1) is 0 Å². The molecule has 1 saturated heterocycles. The summed E-state index contributed by atoms with van der Waals surface area (Å²) in [6.45, 7) is 3.23. The molecule has 1 aliphatic rings. The molecule has 1 aromatic heterocycles. The van der Waals surface area contributed by atoms with Crippen LogP contribution < -0.4 is 0 Å². The molecule has 1 unspecified atom stereocenters. The molecular formula is C12H17NOS. The molecular weight excluding hydrogens is 206 g/mol. The molecule has 0 aliphatic carbocycles. The number of likely N-dealkylation sites (tertiary alicyclic amines) is 1. The van der Waals surface area contributed by atoms with E-state index in [1.165, 1.54) is 12.0 Å². The Balaban J connectivity index is 1.77. The van der Waals surface area contributed by atoms with Crippen molar-refractivity contribution in [3.05, 3.63) is 22.4 Å². The highest BCUT2D eigenvalue weighted by Crippen LogP contribution is 2.15. The van der Waals surface area contributed by atoms with Gasteiger partial charge in [0, 0.05) is 19.0 Å². The average Bonchev–Trinajstić information content (AvgIpc) is 2.79. The second-order valence-electron chi connectivity index (χ2n) is 4.22. The standard InChI is InChI=1S/C12H17NOS/c14-9-12-2-1-5-13(8-12)6-3-11-4-7-15-10-11/h4,7,9-10,12H,1-3,5-6,8H2. The molecule has 1 fully saturated rings. The highest BCUT2D eigenvalue weighted by molar-refractivity contribution is 7.07. The number of piperidine rings is 1. The van der Waals surface area contributed by atoms with Gasteiger partial charge in [-0.3, -0.25) is 0 Å². The van der Waals surface area contributed by atoms with E-state index in [0.717, 1.165) is 38.8 Å². The van der Waals surface area contributed by atoms with E-state index in [1.807, 2.05) is 0 Å². The lowest BCUT2D eigenvalue weighted by molar-refractivity contribution is -0.112. The fraction of sp³-hybridized carbons (Fsp3) is 0.583. The highest BCUT2D eigenvalue weighted by Gasteiger charge is 2.18. The van der Waals surface area contributed by atoms with Crippen LogP contribution in [-0.4, -0.2) is 30.8 Å². The number of hydrogen-bond donors (Lipinski definition) is 0. The van der Waals surface area contributed by atoms with Gasteiger partial charge in [0.2, 0.25) is 0 Å². The Morgan fingerprint density at radius 1 is 1.60 bits per heavy atom. The summed E-state index contributed by atoms with van der Waals surface area (Å²) in [5.41, 5.74) is 1.42. The summed E-state index contributed by atoms with van der Waals surface area (Å²) >= 11 is 1.76. The summed E-state index contributed by atoms with van der Waals surface area (Å²) in [7, 11) is 0. The minimum atomic E-state index is 0.279. The predicted molar refractivity (Wildman–Crippen MR) is 63.3 cm³/mol. The highest BCUT2D eigenvalue weighted by atomic mass is 32.1. The summed E-state index contributed by atoms with van der Waals surface area (Å²) in [5.74, 6) is 0.279. The number of aldehydes is 1. The van der Waals surface area contributed by atoms with Gasteiger partial charge in [0.1, 0.15) is 6.29 Å². The molecule has 82 valence electrons. The molecule has 0 saturated carbocycles. The van der Waals surface area contributed by atoms with Crippen LogP contribution in [0, 0.1) is 5.92 Å². The van der Waals surface area contributed by atoms with E-state index in [1.54, 1.807) is 11.3 Å². The van der Waals surface area contributed by atoms with Gasteiger partial charge in [-0.25, -0.2) is 0 Å².